The fourth-order valence-electron chi connectivity index (χ4n) is 4.65. The summed E-state index contributed by atoms with van der Waals surface area (Å²) in [6.45, 7) is 6.06. The van der Waals surface area contributed by atoms with E-state index in [1.165, 1.54) is 0 Å². The number of pyridine rings is 2. The van der Waals surface area contributed by atoms with Crippen molar-refractivity contribution in [3.63, 3.8) is 0 Å². The number of nitrogens with one attached hydrogen (secondary N) is 1. The number of rotatable bonds is 7. The highest BCUT2D eigenvalue weighted by Crippen LogP contribution is 2.28. The van der Waals surface area contributed by atoms with Gasteiger partial charge in [-0.05, 0) is 79.4 Å². The zero-order chi connectivity index (χ0) is 23.9. The van der Waals surface area contributed by atoms with Crippen LogP contribution in [0.25, 0.3) is 11.1 Å². The lowest BCUT2D eigenvalue weighted by molar-refractivity contribution is 0.122. The van der Waals surface area contributed by atoms with Crippen LogP contribution in [0.1, 0.15) is 29.8 Å². The van der Waals surface area contributed by atoms with Gasteiger partial charge in [-0.2, -0.15) is 5.26 Å². The number of nitrogens with zero attached hydrogens (tertiary/aromatic N) is 4. The molecule has 0 spiro atoms. The van der Waals surface area contributed by atoms with Crippen LogP contribution >= 0.6 is 0 Å². The Balaban J connectivity index is 1.26. The number of morpholine rings is 1. The van der Waals surface area contributed by atoms with Crippen molar-refractivity contribution in [3.8, 4) is 22.9 Å². The van der Waals surface area contributed by atoms with Crippen LogP contribution in [-0.4, -0.2) is 56.0 Å². The van der Waals surface area contributed by atoms with Gasteiger partial charge in [0.05, 0.1) is 37.3 Å². The van der Waals surface area contributed by atoms with Gasteiger partial charge in [0.25, 0.3) is 0 Å². The van der Waals surface area contributed by atoms with Crippen LogP contribution in [0.15, 0.2) is 54.9 Å². The summed E-state index contributed by atoms with van der Waals surface area (Å²) in [5.41, 5.74) is 5.63. The molecule has 0 atom stereocenters. The van der Waals surface area contributed by atoms with Gasteiger partial charge in [0.15, 0.2) is 0 Å². The molecule has 180 valence electrons. The number of aromatic nitrogens is 2. The third-order valence-electron chi connectivity index (χ3n) is 6.73. The molecule has 0 aliphatic carbocycles. The Labute approximate surface area is 206 Å². The number of hydrogen-bond donors (Lipinski definition) is 1. The molecule has 3 aromatic rings. The maximum absolute atomic E-state index is 9.72. The summed E-state index contributed by atoms with van der Waals surface area (Å²) in [7, 11) is 0. The largest absolute Gasteiger partial charge is 0.492 e. The number of piperidine rings is 1. The minimum Gasteiger partial charge on any atom is -0.492 e. The minimum atomic E-state index is 0.543. The molecule has 4 heterocycles. The Bertz CT molecular complexity index is 1160. The van der Waals surface area contributed by atoms with Crippen molar-refractivity contribution in [1.82, 2.24) is 15.3 Å². The van der Waals surface area contributed by atoms with Crippen LogP contribution < -0.4 is 15.0 Å². The molecule has 1 aromatic carbocycles. The first-order chi connectivity index (χ1) is 17.3. The van der Waals surface area contributed by atoms with Crippen LogP contribution in [0.3, 0.4) is 0 Å². The average molecular weight is 470 g/mol. The lowest BCUT2D eigenvalue weighted by Gasteiger charge is -2.28. The highest BCUT2D eigenvalue weighted by molar-refractivity contribution is 5.67. The highest BCUT2D eigenvalue weighted by atomic mass is 16.5. The first kappa shape index (κ1) is 23.3. The molecule has 0 bridgehead atoms. The van der Waals surface area contributed by atoms with E-state index in [0.717, 1.165) is 80.4 Å². The molecule has 2 aliphatic rings. The molecule has 2 saturated heterocycles. The second-order valence-corrected chi connectivity index (χ2v) is 9.15. The first-order valence-electron chi connectivity index (χ1n) is 12.4. The molecule has 0 amide bonds. The van der Waals surface area contributed by atoms with Gasteiger partial charge >= 0.3 is 0 Å². The topological polar surface area (TPSA) is 83.3 Å². The molecular formula is C28H31N5O2. The van der Waals surface area contributed by atoms with Gasteiger partial charge in [0, 0.05) is 37.1 Å². The van der Waals surface area contributed by atoms with Crippen molar-refractivity contribution in [1.29, 1.82) is 5.26 Å². The summed E-state index contributed by atoms with van der Waals surface area (Å²) >= 11 is 0. The molecule has 2 aromatic heterocycles. The fraction of sp³-hybridized carbons (Fsp3) is 0.393. The third kappa shape index (κ3) is 5.97. The van der Waals surface area contributed by atoms with Crippen LogP contribution in [-0.2, 0) is 11.2 Å². The van der Waals surface area contributed by atoms with Gasteiger partial charge < -0.3 is 19.7 Å². The van der Waals surface area contributed by atoms with Crippen LogP contribution in [0.4, 0.5) is 5.69 Å². The van der Waals surface area contributed by atoms with E-state index in [1.807, 2.05) is 36.7 Å². The smallest absolute Gasteiger partial charge is 0.137 e. The summed E-state index contributed by atoms with van der Waals surface area (Å²) in [5.74, 6) is 1.20. The van der Waals surface area contributed by atoms with E-state index in [9.17, 15) is 5.26 Å². The molecule has 35 heavy (non-hydrogen) atoms. The molecule has 7 heteroatoms. The van der Waals surface area contributed by atoms with E-state index in [2.05, 4.69) is 44.5 Å². The van der Waals surface area contributed by atoms with Crippen molar-refractivity contribution in [2.45, 2.75) is 19.3 Å². The van der Waals surface area contributed by atoms with E-state index in [1.54, 1.807) is 0 Å². The van der Waals surface area contributed by atoms with Crippen LogP contribution in [0.5, 0.6) is 5.75 Å². The van der Waals surface area contributed by atoms with E-state index >= 15 is 0 Å². The van der Waals surface area contributed by atoms with Crippen LogP contribution in [0.2, 0.25) is 0 Å². The fourth-order valence-corrected chi connectivity index (χ4v) is 4.65. The minimum absolute atomic E-state index is 0.543. The second-order valence-electron chi connectivity index (χ2n) is 9.15. The number of benzene rings is 1. The Hall–Kier alpha value is -3.47. The van der Waals surface area contributed by atoms with Crippen molar-refractivity contribution in [2.75, 3.05) is 50.9 Å². The summed E-state index contributed by atoms with van der Waals surface area (Å²) in [6.07, 6.45) is 6.64. The number of ether oxygens (including phenoxy) is 2. The van der Waals surface area contributed by atoms with Gasteiger partial charge in [0.2, 0.25) is 0 Å². The normalized spacial score (nSPS) is 16.6. The van der Waals surface area contributed by atoms with Crippen molar-refractivity contribution in [2.24, 2.45) is 5.92 Å². The van der Waals surface area contributed by atoms with Crippen molar-refractivity contribution in [3.05, 3.63) is 71.8 Å². The van der Waals surface area contributed by atoms with Crippen molar-refractivity contribution >= 4 is 5.69 Å². The van der Waals surface area contributed by atoms with E-state index in [-0.39, 0.29) is 0 Å². The summed E-state index contributed by atoms with van der Waals surface area (Å²) < 4.78 is 11.5. The lowest BCUT2D eigenvalue weighted by Crippen LogP contribution is -2.36. The Kier molecular flexibility index (Phi) is 7.52. The maximum Gasteiger partial charge on any atom is 0.137 e. The molecule has 5 rings (SSSR count). The maximum atomic E-state index is 9.72. The molecule has 2 aliphatic heterocycles. The van der Waals surface area contributed by atoms with Gasteiger partial charge in [-0.3, -0.25) is 9.97 Å². The molecule has 1 N–H and O–H groups in total. The summed E-state index contributed by atoms with van der Waals surface area (Å²) in [6, 6.07) is 16.4. The zero-order valence-electron chi connectivity index (χ0n) is 19.9. The van der Waals surface area contributed by atoms with E-state index in [0.29, 0.717) is 30.3 Å². The van der Waals surface area contributed by atoms with Gasteiger partial charge in [-0.1, -0.05) is 6.07 Å². The molecule has 7 nitrogen and oxygen atoms in total. The standard InChI is InChI=1S/C28H31N5O2/c29-18-24-15-22(1-4-28(24)35-20-21-5-8-30-9-6-21)23-7-10-31-26(16-23)17-25-2-3-27(19-32-25)33-11-13-34-14-12-33/h1-4,7,10,15-16,19,21,30H,5-6,8-9,11-14,17,20H2. The molecule has 2 fully saturated rings. The monoisotopic (exact) mass is 469 g/mol. The Morgan fingerprint density at radius 2 is 1.83 bits per heavy atom. The highest BCUT2D eigenvalue weighted by Gasteiger charge is 2.15. The third-order valence-corrected chi connectivity index (χ3v) is 6.73. The SMILES string of the molecule is N#Cc1cc(-c2ccnc(Cc3ccc(N4CCOCC4)cn3)c2)ccc1OCC1CCNCC1. The average Bonchev–Trinajstić information content (AvgIpc) is 2.93. The van der Waals surface area contributed by atoms with Gasteiger partial charge in [-0.15, -0.1) is 0 Å². The van der Waals surface area contributed by atoms with E-state index in [4.69, 9.17) is 9.47 Å². The second kappa shape index (κ2) is 11.3. The molecular weight excluding hydrogens is 438 g/mol. The molecule has 0 unspecified atom stereocenters. The molecule has 0 radical (unpaired) electrons. The zero-order valence-corrected chi connectivity index (χ0v) is 19.9. The van der Waals surface area contributed by atoms with Gasteiger partial charge in [-0.25, -0.2) is 0 Å². The van der Waals surface area contributed by atoms with Crippen LogP contribution in [0, 0.1) is 17.2 Å². The quantitative estimate of drug-likeness (QED) is 0.563. The summed E-state index contributed by atoms with van der Waals surface area (Å²) in [4.78, 5) is 11.5. The number of hydrogen-bond acceptors (Lipinski definition) is 7. The lowest BCUT2D eigenvalue weighted by atomic mass is 9.99. The van der Waals surface area contributed by atoms with Crippen molar-refractivity contribution < 1.29 is 9.47 Å². The Morgan fingerprint density at radius 3 is 2.60 bits per heavy atom. The first-order valence-corrected chi connectivity index (χ1v) is 12.4. The predicted octanol–water partition coefficient (Wildman–Crippen LogP) is 3.82. The number of nitriles is 1. The molecule has 0 saturated carbocycles. The number of anilines is 1. The predicted molar refractivity (Wildman–Crippen MR) is 136 cm³/mol. The van der Waals surface area contributed by atoms with E-state index < -0.39 is 0 Å². The Morgan fingerprint density at radius 1 is 1.00 bits per heavy atom. The van der Waals surface area contributed by atoms with Gasteiger partial charge in [0.1, 0.15) is 11.8 Å². The summed E-state index contributed by atoms with van der Waals surface area (Å²) in [5, 5.41) is 13.1.